The lowest BCUT2D eigenvalue weighted by Gasteiger charge is -2.36. The van der Waals surface area contributed by atoms with Crippen LogP contribution in [0.2, 0.25) is 0 Å². The van der Waals surface area contributed by atoms with Gasteiger partial charge < -0.3 is 10.4 Å². The van der Waals surface area contributed by atoms with Crippen molar-refractivity contribution < 1.29 is 5.11 Å². The van der Waals surface area contributed by atoms with E-state index in [9.17, 15) is 5.11 Å². The molecule has 0 spiro atoms. The zero-order valence-corrected chi connectivity index (χ0v) is 5.44. The topological polar surface area (TPSA) is 32.3 Å². The molecular weight excluding hydrogens is 102 g/mol. The molecule has 1 aliphatic heterocycles. The zero-order chi connectivity index (χ0) is 6.20. The number of aliphatic hydroxyl groups is 1. The Morgan fingerprint density at radius 2 is 2.00 bits per heavy atom. The van der Waals surface area contributed by atoms with Gasteiger partial charge in [0.2, 0.25) is 0 Å². The fourth-order valence-corrected chi connectivity index (χ4v) is 0.788. The summed E-state index contributed by atoms with van der Waals surface area (Å²) in [5.41, 5.74) is -0.467. The molecule has 1 aliphatic rings. The lowest BCUT2D eigenvalue weighted by Crippen LogP contribution is -2.52. The third kappa shape index (κ3) is 1.01. The van der Waals surface area contributed by atoms with Crippen molar-refractivity contribution in [3.05, 3.63) is 0 Å². The van der Waals surface area contributed by atoms with Gasteiger partial charge in [-0.2, -0.15) is 0 Å². The molecule has 0 aliphatic carbocycles. The second-order valence-corrected chi connectivity index (χ2v) is 3.01. The molecule has 1 rings (SSSR count). The van der Waals surface area contributed by atoms with Gasteiger partial charge in [0.25, 0.3) is 0 Å². The molecule has 1 heterocycles. The highest BCUT2D eigenvalue weighted by molar-refractivity contribution is 4.87. The Morgan fingerprint density at radius 1 is 1.50 bits per heavy atom. The summed E-state index contributed by atoms with van der Waals surface area (Å²) in [5.74, 6) is 0.475. The maximum Gasteiger partial charge on any atom is 0.0644 e. The van der Waals surface area contributed by atoms with E-state index in [-0.39, 0.29) is 0 Å². The van der Waals surface area contributed by atoms with Crippen molar-refractivity contribution in [2.75, 3.05) is 13.1 Å². The van der Waals surface area contributed by atoms with Gasteiger partial charge in [-0.3, -0.25) is 0 Å². The first-order chi connectivity index (χ1) is 3.61. The van der Waals surface area contributed by atoms with Gasteiger partial charge in [0.1, 0.15) is 0 Å². The Balaban J connectivity index is 2.34. The predicted octanol–water partition coefficient (Wildman–Crippen LogP) is -0.0233. The molecule has 1 fully saturated rings. The summed E-state index contributed by atoms with van der Waals surface area (Å²) in [6.45, 7) is 5.67. The molecule has 2 nitrogen and oxygen atoms in total. The summed E-state index contributed by atoms with van der Waals surface area (Å²) < 4.78 is 0. The Bertz CT molecular complexity index is 81.0. The zero-order valence-electron chi connectivity index (χ0n) is 5.44. The predicted molar refractivity (Wildman–Crippen MR) is 32.7 cm³/mol. The van der Waals surface area contributed by atoms with Gasteiger partial charge in [-0.25, -0.2) is 0 Å². The number of hydrogen-bond acceptors (Lipinski definition) is 2. The highest BCUT2D eigenvalue weighted by atomic mass is 16.3. The molecule has 0 bridgehead atoms. The third-order valence-corrected chi connectivity index (χ3v) is 1.78. The van der Waals surface area contributed by atoms with Crippen LogP contribution in [0.5, 0.6) is 0 Å². The maximum absolute atomic E-state index is 9.30. The molecule has 0 aromatic rings. The summed E-state index contributed by atoms with van der Waals surface area (Å²) in [4.78, 5) is 0. The fourth-order valence-electron chi connectivity index (χ4n) is 0.788. The van der Waals surface area contributed by atoms with E-state index in [1.807, 2.05) is 13.8 Å². The Labute approximate surface area is 49.9 Å². The molecule has 0 atom stereocenters. The molecule has 0 unspecified atom stereocenters. The smallest absolute Gasteiger partial charge is 0.0644 e. The minimum Gasteiger partial charge on any atom is -0.390 e. The summed E-state index contributed by atoms with van der Waals surface area (Å²) in [6, 6.07) is 0. The molecule has 2 N–H and O–H groups in total. The first-order valence-electron chi connectivity index (χ1n) is 3.04. The Kier molecular flexibility index (Phi) is 1.29. The van der Waals surface area contributed by atoms with Crippen molar-refractivity contribution in [1.82, 2.24) is 5.32 Å². The molecule has 1 saturated heterocycles. The van der Waals surface area contributed by atoms with Gasteiger partial charge in [0, 0.05) is 19.0 Å². The molecule has 0 amide bonds. The first kappa shape index (κ1) is 6.05. The van der Waals surface area contributed by atoms with Crippen LogP contribution < -0.4 is 5.32 Å². The van der Waals surface area contributed by atoms with Crippen LogP contribution in [0.15, 0.2) is 0 Å². The SMILES string of the molecule is CC(C)(O)C1CNC1. The van der Waals surface area contributed by atoms with Crippen molar-refractivity contribution >= 4 is 0 Å². The molecule has 2 heteroatoms. The van der Waals surface area contributed by atoms with Gasteiger partial charge >= 0.3 is 0 Å². The number of rotatable bonds is 1. The molecule has 0 aromatic heterocycles. The van der Waals surface area contributed by atoms with Crippen molar-refractivity contribution in [2.24, 2.45) is 5.92 Å². The minimum atomic E-state index is -0.467. The van der Waals surface area contributed by atoms with Gasteiger partial charge in [0.05, 0.1) is 5.60 Å². The lowest BCUT2D eigenvalue weighted by molar-refractivity contribution is -0.00582. The lowest BCUT2D eigenvalue weighted by atomic mass is 9.86. The van der Waals surface area contributed by atoms with Crippen LogP contribution in [0.4, 0.5) is 0 Å². The van der Waals surface area contributed by atoms with Gasteiger partial charge in [0.15, 0.2) is 0 Å². The Hall–Kier alpha value is -0.0800. The van der Waals surface area contributed by atoms with E-state index >= 15 is 0 Å². The van der Waals surface area contributed by atoms with Crippen molar-refractivity contribution in [1.29, 1.82) is 0 Å². The molecule has 8 heavy (non-hydrogen) atoms. The number of nitrogens with one attached hydrogen (secondary N) is 1. The summed E-state index contributed by atoms with van der Waals surface area (Å²) >= 11 is 0. The number of hydrogen-bond donors (Lipinski definition) is 2. The van der Waals surface area contributed by atoms with Crippen LogP contribution in [0.1, 0.15) is 13.8 Å². The van der Waals surface area contributed by atoms with Crippen LogP contribution in [0.25, 0.3) is 0 Å². The molecule has 0 aromatic carbocycles. The second kappa shape index (κ2) is 1.71. The summed E-state index contributed by atoms with van der Waals surface area (Å²) in [7, 11) is 0. The van der Waals surface area contributed by atoms with E-state index < -0.39 is 5.60 Å². The highest BCUT2D eigenvalue weighted by Gasteiger charge is 2.31. The average molecular weight is 115 g/mol. The quantitative estimate of drug-likeness (QED) is 0.503. The van der Waals surface area contributed by atoms with Crippen molar-refractivity contribution in [3.63, 3.8) is 0 Å². The molecule has 0 saturated carbocycles. The van der Waals surface area contributed by atoms with Crippen LogP contribution in [0, 0.1) is 5.92 Å². The normalized spacial score (nSPS) is 22.9. The summed E-state index contributed by atoms with van der Waals surface area (Å²) in [6.07, 6.45) is 0. The van der Waals surface area contributed by atoms with Crippen LogP contribution >= 0.6 is 0 Å². The minimum absolute atomic E-state index is 0.467. The van der Waals surface area contributed by atoms with E-state index in [1.165, 1.54) is 0 Å². The van der Waals surface area contributed by atoms with E-state index in [0.717, 1.165) is 13.1 Å². The van der Waals surface area contributed by atoms with Crippen LogP contribution in [0.3, 0.4) is 0 Å². The average Bonchev–Trinajstić information content (AvgIpc) is 1.16. The largest absolute Gasteiger partial charge is 0.390 e. The molecule has 48 valence electrons. The van der Waals surface area contributed by atoms with E-state index in [4.69, 9.17) is 0 Å². The molecule has 0 radical (unpaired) electrons. The van der Waals surface area contributed by atoms with E-state index in [0.29, 0.717) is 5.92 Å². The Morgan fingerprint density at radius 3 is 2.00 bits per heavy atom. The maximum atomic E-state index is 9.30. The van der Waals surface area contributed by atoms with Gasteiger partial charge in [-0.05, 0) is 13.8 Å². The van der Waals surface area contributed by atoms with Crippen LogP contribution in [-0.2, 0) is 0 Å². The monoisotopic (exact) mass is 115 g/mol. The first-order valence-corrected chi connectivity index (χ1v) is 3.04. The van der Waals surface area contributed by atoms with Crippen molar-refractivity contribution in [3.8, 4) is 0 Å². The molecular formula is C6H13NO. The highest BCUT2D eigenvalue weighted by Crippen LogP contribution is 2.19. The van der Waals surface area contributed by atoms with Gasteiger partial charge in [-0.15, -0.1) is 0 Å². The summed E-state index contributed by atoms with van der Waals surface area (Å²) in [5, 5.41) is 12.4. The fraction of sp³-hybridized carbons (Fsp3) is 1.00. The van der Waals surface area contributed by atoms with E-state index in [2.05, 4.69) is 5.32 Å². The standard InChI is InChI=1S/C6H13NO/c1-6(2,8)5-3-7-4-5/h5,7-8H,3-4H2,1-2H3. The van der Waals surface area contributed by atoms with E-state index in [1.54, 1.807) is 0 Å². The second-order valence-electron chi connectivity index (χ2n) is 3.01. The van der Waals surface area contributed by atoms with Gasteiger partial charge in [-0.1, -0.05) is 0 Å². The van der Waals surface area contributed by atoms with Crippen molar-refractivity contribution in [2.45, 2.75) is 19.4 Å². The van der Waals surface area contributed by atoms with Crippen LogP contribution in [-0.4, -0.2) is 23.8 Å². The third-order valence-electron chi connectivity index (χ3n) is 1.78.